The van der Waals surface area contributed by atoms with E-state index in [-0.39, 0.29) is 13.2 Å². The number of nitrogens with two attached hydrogens (primary N) is 1. The van der Waals surface area contributed by atoms with E-state index in [2.05, 4.69) is 0 Å². The first kappa shape index (κ1) is 12.7. The van der Waals surface area contributed by atoms with E-state index in [9.17, 15) is 4.79 Å². The fourth-order valence-electron chi connectivity index (χ4n) is 1.89. The summed E-state index contributed by atoms with van der Waals surface area (Å²) in [5.41, 5.74) is 7.35. The monoisotopic (exact) mass is 253 g/mol. The van der Waals surface area contributed by atoms with E-state index in [0.717, 1.165) is 5.56 Å². The first-order valence-corrected chi connectivity index (χ1v) is 5.50. The molecule has 1 atom stereocenters. The highest BCUT2D eigenvalue weighted by Crippen LogP contribution is 2.35. The van der Waals surface area contributed by atoms with Gasteiger partial charge in [-0.25, -0.2) is 0 Å². The second kappa shape index (κ2) is 5.24. The second-order valence-corrected chi connectivity index (χ2v) is 4.02. The van der Waals surface area contributed by atoms with Crippen LogP contribution in [0, 0.1) is 0 Å². The third-order valence-electron chi connectivity index (χ3n) is 2.76. The fraction of sp³-hybridized carbons (Fsp3) is 0.417. The van der Waals surface area contributed by atoms with Crippen LogP contribution in [0.4, 0.5) is 0 Å². The number of rotatable bonds is 4. The van der Waals surface area contributed by atoms with Crippen LogP contribution in [0.3, 0.4) is 0 Å². The Balaban J connectivity index is 2.35. The van der Waals surface area contributed by atoms with Crippen molar-refractivity contribution in [3.63, 3.8) is 0 Å². The average Bonchev–Trinajstić information content (AvgIpc) is 2.36. The zero-order valence-electron chi connectivity index (χ0n) is 10.0. The normalized spacial score (nSPS) is 15.4. The van der Waals surface area contributed by atoms with E-state index in [1.165, 1.54) is 7.11 Å². The van der Waals surface area contributed by atoms with Crippen LogP contribution >= 0.6 is 0 Å². The van der Waals surface area contributed by atoms with Gasteiger partial charge in [-0.2, -0.15) is 0 Å². The highest BCUT2D eigenvalue weighted by molar-refractivity contribution is 5.68. The molecule has 1 aliphatic heterocycles. The van der Waals surface area contributed by atoms with Crippen molar-refractivity contribution in [2.45, 2.75) is 19.1 Å². The van der Waals surface area contributed by atoms with Crippen LogP contribution in [0.2, 0.25) is 0 Å². The molecule has 0 amide bonds. The van der Waals surface area contributed by atoms with Gasteiger partial charge < -0.3 is 25.1 Å². The van der Waals surface area contributed by atoms with Gasteiger partial charge in [0.2, 0.25) is 0 Å². The third-order valence-corrected chi connectivity index (χ3v) is 2.76. The summed E-state index contributed by atoms with van der Waals surface area (Å²) in [5.74, 6) is 0.265. The van der Waals surface area contributed by atoms with Crippen molar-refractivity contribution in [3.8, 4) is 11.5 Å². The van der Waals surface area contributed by atoms with Crippen molar-refractivity contribution < 1.29 is 24.1 Å². The number of aliphatic carboxylic acids is 1. The van der Waals surface area contributed by atoms with Gasteiger partial charge in [-0.3, -0.25) is 4.79 Å². The molecule has 1 aromatic rings. The molecule has 0 bridgehead atoms. The van der Waals surface area contributed by atoms with Crippen molar-refractivity contribution in [1.82, 2.24) is 0 Å². The van der Waals surface area contributed by atoms with Crippen molar-refractivity contribution in [1.29, 1.82) is 0 Å². The molecule has 0 saturated carbocycles. The summed E-state index contributed by atoms with van der Waals surface area (Å²) < 4.78 is 15.7. The first-order valence-electron chi connectivity index (χ1n) is 5.50. The molecule has 3 N–H and O–H groups in total. The molecule has 1 heterocycles. The molecular weight excluding hydrogens is 238 g/mol. The Labute approximate surface area is 104 Å². The minimum absolute atomic E-state index is 0.161. The summed E-state index contributed by atoms with van der Waals surface area (Å²) in [4.78, 5) is 10.7. The van der Waals surface area contributed by atoms with Crippen LogP contribution in [-0.4, -0.2) is 25.0 Å². The Morgan fingerprint density at radius 2 is 2.39 bits per heavy atom. The summed E-state index contributed by atoms with van der Waals surface area (Å²) in [6.07, 6.45) is -0.161. The number of hydrogen-bond acceptors (Lipinski definition) is 5. The lowest BCUT2D eigenvalue weighted by atomic mass is 10.0. The molecule has 0 fully saturated rings. The predicted octanol–water partition coefficient (Wildman–Crippen LogP) is 1.04. The van der Waals surface area contributed by atoms with Gasteiger partial charge in [0.1, 0.15) is 11.5 Å². The molecule has 6 heteroatoms. The lowest BCUT2D eigenvalue weighted by molar-refractivity contribution is -0.137. The molecule has 0 saturated heterocycles. The minimum Gasteiger partial charge on any atom is -0.496 e. The van der Waals surface area contributed by atoms with E-state index >= 15 is 0 Å². The van der Waals surface area contributed by atoms with Gasteiger partial charge in [-0.15, -0.1) is 0 Å². The summed E-state index contributed by atoms with van der Waals surface area (Å²) in [5, 5.41) is 8.78. The van der Waals surface area contributed by atoms with Gasteiger partial charge in [0.05, 0.1) is 20.1 Å². The second-order valence-electron chi connectivity index (χ2n) is 4.02. The highest BCUT2D eigenvalue weighted by Gasteiger charge is 2.20. The number of carboxylic acid groups (broad SMARTS) is 1. The van der Waals surface area contributed by atoms with Gasteiger partial charge in [-0.1, -0.05) is 0 Å². The van der Waals surface area contributed by atoms with Crippen molar-refractivity contribution >= 4 is 5.97 Å². The Hall–Kier alpha value is -1.79. The molecule has 1 aliphatic rings. The molecule has 1 aromatic carbocycles. The zero-order chi connectivity index (χ0) is 13.1. The molecule has 0 radical (unpaired) electrons. The molecule has 2 rings (SSSR count). The summed E-state index contributed by atoms with van der Waals surface area (Å²) in [6.45, 7) is 0.632. The molecule has 0 aromatic heterocycles. The van der Waals surface area contributed by atoms with Gasteiger partial charge in [-0.05, 0) is 12.1 Å². The predicted molar refractivity (Wildman–Crippen MR) is 62.5 cm³/mol. The molecule has 6 nitrogen and oxygen atoms in total. The highest BCUT2D eigenvalue weighted by atomic mass is 16.7. The number of ether oxygens (including phenoxy) is 3. The van der Waals surface area contributed by atoms with Crippen molar-refractivity contribution in [2.24, 2.45) is 5.73 Å². The summed E-state index contributed by atoms with van der Waals surface area (Å²) >= 11 is 0. The summed E-state index contributed by atoms with van der Waals surface area (Å²) in [6, 6.07) is 2.87. The maximum Gasteiger partial charge on any atom is 0.305 e. The molecule has 0 spiro atoms. The standard InChI is InChI=1S/C12H15NO5/c1-16-11-2-7-5-17-6-18-10(7)3-8(11)9(13)4-12(14)15/h2-3,9H,4-6,13H2,1H3,(H,14,15). The van der Waals surface area contributed by atoms with Crippen molar-refractivity contribution in [3.05, 3.63) is 23.3 Å². The van der Waals surface area contributed by atoms with Crippen LogP contribution < -0.4 is 15.2 Å². The number of benzene rings is 1. The maximum absolute atomic E-state index is 10.7. The van der Waals surface area contributed by atoms with Crippen LogP contribution in [0.25, 0.3) is 0 Å². The maximum atomic E-state index is 10.7. The van der Waals surface area contributed by atoms with Gasteiger partial charge in [0.15, 0.2) is 6.79 Å². The zero-order valence-corrected chi connectivity index (χ0v) is 10.0. The van der Waals surface area contributed by atoms with Crippen LogP contribution in [0.5, 0.6) is 11.5 Å². The van der Waals surface area contributed by atoms with Gasteiger partial charge in [0, 0.05) is 17.2 Å². The smallest absolute Gasteiger partial charge is 0.305 e. The number of carboxylic acids is 1. The summed E-state index contributed by atoms with van der Waals surface area (Å²) in [7, 11) is 1.52. The molecule has 0 aliphatic carbocycles. The number of fused-ring (bicyclic) bond motifs is 1. The lowest BCUT2D eigenvalue weighted by Gasteiger charge is -2.22. The van der Waals surface area contributed by atoms with E-state index in [4.69, 9.17) is 25.1 Å². The molecular formula is C12H15NO5. The first-order chi connectivity index (χ1) is 8.61. The third kappa shape index (κ3) is 2.55. The molecule has 18 heavy (non-hydrogen) atoms. The SMILES string of the molecule is COc1cc2c(cc1C(N)CC(=O)O)OCOC2. The number of methoxy groups -OCH3 is 1. The van der Waals surface area contributed by atoms with Crippen LogP contribution in [0.1, 0.15) is 23.6 Å². The van der Waals surface area contributed by atoms with Gasteiger partial charge in [0.25, 0.3) is 0 Å². The van der Waals surface area contributed by atoms with E-state index in [1.807, 2.05) is 0 Å². The average molecular weight is 253 g/mol. The van der Waals surface area contributed by atoms with Gasteiger partial charge >= 0.3 is 5.97 Å². The fourth-order valence-corrected chi connectivity index (χ4v) is 1.89. The minimum atomic E-state index is -0.952. The Kier molecular flexibility index (Phi) is 3.69. The largest absolute Gasteiger partial charge is 0.496 e. The molecule has 1 unspecified atom stereocenters. The Morgan fingerprint density at radius 3 is 3.06 bits per heavy atom. The van der Waals surface area contributed by atoms with E-state index < -0.39 is 12.0 Å². The Morgan fingerprint density at radius 1 is 1.61 bits per heavy atom. The number of hydrogen-bond donors (Lipinski definition) is 2. The van der Waals surface area contributed by atoms with Crippen molar-refractivity contribution in [2.75, 3.05) is 13.9 Å². The Bertz CT molecular complexity index is 460. The number of carbonyl (C=O) groups is 1. The quantitative estimate of drug-likeness (QED) is 0.833. The molecule has 98 valence electrons. The topological polar surface area (TPSA) is 91.0 Å². The van der Waals surface area contributed by atoms with Crippen LogP contribution in [-0.2, 0) is 16.1 Å². The van der Waals surface area contributed by atoms with Crippen LogP contribution in [0.15, 0.2) is 12.1 Å². The lowest BCUT2D eigenvalue weighted by Crippen LogP contribution is -2.18. The van der Waals surface area contributed by atoms with E-state index in [1.54, 1.807) is 12.1 Å². The van der Waals surface area contributed by atoms with E-state index in [0.29, 0.717) is 23.7 Å².